The summed E-state index contributed by atoms with van der Waals surface area (Å²) in [6.45, 7) is 0.396. The molecular weight excluding hydrogens is 413 g/mol. The number of benzene rings is 1. The molecule has 0 radical (unpaired) electrons. The van der Waals surface area contributed by atoms with Crippen molar-refractivity contribution in [2.24, 2.45) is 0 Å². The zero-order chi connectivity index (χ0) is 22.0. The summed E-state index contributed by atoms with van der Waals surface area (Å²) in [5.41, 5.74) is 1.59. The highest BCUT2D eigenvalue weighted by molar-refractivity contribution is 6.01. The lowest BCUT2D eigenvalue weighted by Gasteiger charge is -2.24. The van der Waals surface area contributed by atoms with Crippen molar-refractivity contribution in [3.63, 3.8) is 0 Å². The highest BCUT2D eigenvalue weighted by atomic mass is 19.4. The lowest BCUT2D eigenvalue weighted by molar-refractivity contribution is -0.274. The van der Waals surface area contributed by atoms with E-state index >= 15 is 0 Å². The molecule has 1 saturated heterocycles. The van der Waals surface area contributed by atoms with Gasteiger partial charge in [-0.25, -0.2) is 4.79 Å². The van der Waals surface area contributed by atoms with Crippen molar-refractivity contribution in [2.75, 3.05) is 17.2 Å². The van der Waals surface area contributed by atoms with Crippen LogP contribution < -0.4 is 15.4 Å². The monoisotopic (exact) mass is 432 g/mol. The van der Waals surface area contributed by atoms with E-state index in [1.165, 1.54) is 17.0 Å². The number of fused-ring (bicyclic) bond motifs is 1. The third-order valence-electron chi connectivity index (χ3n) is 4.96. The Morgan fingerprint density at radius 1 is 1.03 bits per heavy atom. The first-order valence-corrected chi connectivity index (χ1v) is 9.60. The maximum absolute atomic E-state index is 12.8. The highest BCUT2D eigenvalue weighted by Gasteiger charge is 2.35. The Morgan fingerprint density at radius 3 is 2.68 bits per heavy atom. The van der Waals surface area contributed by atoms with Crippen LogP contribution in [0.25, 0.3) is 5.52 Å². The average Bonchev–Trinajstić information content (AvgIpc) is 3.35. The molecule has 4 rings (SSSR count). The van der Waals surface area contributed by atoms with Crippen LogP contribution in [0.3, 0.4) is 0 Å². The van der Waals surface area contributed by atoms with Crippen molar-refractivity contribution < 1.29 is 27.5 Å². The van der Waals surface area contributed by atoms with Gasteiger partial charge in [0.25, 0.3) is 0 Å². The van der Waals surface area contributed by atoms with Crippen LogP contribution in [0, 0.1) is 0 Å². The fourth-order valence-corrected chi connectivity index (χ4v) is 3.63. The Hall–Kier alpha value is -3.69. The summed E-state index contributed by atoms with van der Waals surface area (Å²) < 4.78 is 43.0. The van der Waals surface area contributed by atoms with Gasteiger partial charge in [-0.1, -0.05) is 12.1 Å². The Bertz CT molecular complexity index is 1110. The van der Waals surface area contributed by atoms with E-state index in [9.17, 15) is 22.8 Å². The van der Waals surface area contributed by atoms with Gasteiger partial charge in [0.05, 0.1) is 11.2 Å². The molecule has 0 spiro atoms. The quantitative estimate of drug-likeness (QED) is 0.639. The molecule has 0 saturated carbocycles. The maximum atomic E-state index is 12.8. The fraction of sp³-hybridized carbons (Fsp3) is 0.238. The minimum Gasteiger partial charge on any atom is -0.406 e. The van der Waals surface area contributed by atoms with Gasteiger partial charge in [0.1, 0.15) is 11.8 Å². The molecule has 1 aliphatic heterocycles. The van der Waals surface area contributed by atoms with Crippen LogP contribution in [-0.2, 0) is 4.79 Å². The molecule has 1 atom stereocenters. The van der Waals surface area contributed by atoms with Gasteiger partial charge in [-0.05, 0) is 43.2 Å². The minimum atomic E-state index is -4.83. The van der Waals surface area contributed by atoms with E-state index in [0.29, 0.717) is 25.1 Å². The van der Waals surface area contributed by atoms with Gasteiger partial charge in [-0.15, -0.1) is 13.2 Å². The number of amides is 3. The lowest BCUT2D eigenvalue weighted by Crippen LogP contribution is -2.45. The molecule has 3 aromatic rings. The first-order valence-electron chi connectivity index (χ1n) is 9.60. The van der Waals surface area contributed by atoms with Crippen LogP contribution in [0.4, 0.5) is 29.3 Å². The molecule has 1 aliphatic rings. The third-order valence-corrected chi connectivity index (χ3v) is 4.96. The Morgan fingerprint density at radius 2 is 1.87 bits per heavy atom. The molecule has 10 heteroatoms. The predicted octanol–water partition coefficient (Wildman–Crippen LogP) is 4.47. The molecule has 31 heavy (non-hydrogen) atoms. The number of rotatable bonds is 4. The number of anilines is 2. The third kappa shape index (κ3) is 4.73. The largest absolute Gasteiger partial charge is 0.573 e. The van der Waals surface area contributed by atoms with Crippen LogP contribution in [0.5, 0.6) is 5.75 Å². The number of pyridine rings is 1. The molecule has 1 fully saturated rings. The maximum Gasteiger partial charge on any atom is 0.573 e. The zero-order valence-corrected chi connectivity index (χ0v) is 16.2. The molecular formula is C21H19F3N4O3. The molecule has 7 nitrogen and oxygen atoms in total. The van der Waals surface area contributed by atoms with E-state index in [0.717, 1.165) is 17.6 Å². The van der Waals surface area contributed by atoms with Crippen molar-refractivity contribution in [1.82, 2.24) is 9.30 Å². The molecule has 2 aromatic heterocycles. The normalized spacial score (nSPS) is 16.4. The van der Waals surface area contributed by atoms with E-state index < -0.39 is 30.1 Å². The average molecular weight is 432 g/mol. The number of halogens is 3. The number of hydrogen-bond acceptors (Lipinski definition) is 3. The topological polar surface area (TPSA) is 75.1 Å². The second-order valence-electron chi connectivity index (χ2n) is 7.07. The van der Waals surface area contributed by atoms with E-state index in [1.54, 1.807) is 6.07 Å². The molecule has 1 aromatic carbocycles. The molecule has 2 N–H and O–H groups in total. The summed E-state index contributed by atoms with van der Waals surface area (Å²) in [5.74, 6) is -0.912. The summed E-state index contributed by atoms with van der Waals surface area (Å²) >= 11 is 0. The van der Waals surface area contributed by atoms with E-state index in [-0.39, 0.29) is 5.69 Å². The highest BCUT2D eigenvalue weighted by Crippen LogP contribution is 2.27. The van der Waals surface area contributed by atoms with E-state index in [4.69, 9.17) is 0 Å². The van der Waals surface area contributed by atoms with Crippen LogP contribution in [0.1, 0.15) is 12.8 Å². The molecule has 0 aliphatic carbocycles. The Labute approximate surface area is 175 Å². The van der Waals surface area contributed by atoms with Crippen LogP contribution >= 0.6 is 0 Å². The van der Waals surface area contributed by atoms with E-state index in [2.05, 4.69) is 15.4 Å². The van der Waals surface area contributed by atoms with Crippen molar-refractivity contribution in [2.45, 2.75) is 25.2 Å². The fourth-order valence-electron chi connectivity index (χ4n) is 3.63. The number of hydrogen-bond donors (Lipinski definition) is 2. The zero-order valence-electron chi connectivity index (χ0n) is 16.2. The van der Waals surface area contributed by atoms with Gasteiger partial charge < -0.3 is 24.7 Å². The van der Waals surface area contributed by atoms with Crippen molar-refractivity contribution in [3.05, 3.63) is 60.9 Å². The number of alkyl halides is 3. The smallest absolute Gasteiger partial charge is 0.406 e. The van der Waals surface area contributed by atoms with Gasteiger partial charge in [0, 0.05) is 30.7 Å². The van der Waals surface area contributed by atoms with Gasteiger partial charge in [0.15, 0.2) is 0 Å². The standard InChI is InChI=1S/C21H19F3N4O3/c22-21(23,24)31-15-6-3-5-14(13-15)25-19(29)18-8-4-11-28(18)20(30)26-16-9-12-27-10-2-1-7-17(16)27/h1-3,5-7,9-10,12-13,18H,4,8,11H2,(H,25,29)(H,26,30)/t18-/m0/s1. The van der Waals surface area contributed by atoms with Crippen molar-refractivity contribution >= 4 is 28.8 Å². The van der Waals surface area contributed by atoms with Crippen molar-refractivity contribution in [3.8, 4) is 5.75 Å². The molecule has 0 unspecified atom stereocenters. The van der Waals surface area contributed by atoms with Crippen LogP contribution in [0.2, 0.25) is 0 Å². The summed E-state index contributed by atoms with van der Waals surface area (Å²) in [6, 6.07) is 11.2. The number of aromatic nitrogens is 1. The number of carbonyl (C=O) groups excluding carboxylic acids is 2. The Balaban J connectivity index is 1.44. The summed E-state index contributed by atoms with van der Waals surface area (Å²) in [7, 11) is 0. The van der Waals surface area contributed by atoms with Crippen molar-refractivity contribution in [1.29, 1.82) is 0 Å². The molecule has 162 valence electrons. The second-order valence-corrected chi connectivity index (χ2v) is 7.07. The SMILES string of the molecule is O=C(Nc1cccc(OC(F)(F)F)c1)[C@@H]1CCCN1C(=O)Nc1ccn2ccccc12. The predicted molar refractivity (Wildman–Crippen MR) is 108 cm³/mol. The van der Waals surface area contributed by atoms with Gasteiger partial charge in [-0.2, -0.15) is 0 Å². The minimum absolute atomic E-state index is 0.150. The number of nitrogens with one attached hydrogen (secondary N) is 2. The number of carbonyl (C=O) groups is 2. The number of ether oxygens (including phenoxy) is 1. The van der Waals surface area contributed by atoms with E-state index in [1.807, 2.05) is 35.0 Å². The molecule has 3 amide bonds. The summed E-state index contributed by atoms with van der Waals surface area (Å²) in [4.78, 5) is 27.0. The second kappa shape index (κ2) is 8.21. The first kappa shape index (κ1) is 20.6. The van der Waals surface area contributed by atoms with Crippen LogP contribution in [0.15, 0.2) is 60.9 Å². The number of nitrogens with zero attached hydrogens (tertiary/aromatic N) is 2. The Kier molecular flexibility index (Phi) is 5.45. The number of urea groups is 1. The van der Waals surface area contributed by atoms with Gasteiger partial charge in [-0.3, -0.25) is 4.79 Å². The number of likely N-dealkylation sites (tertiary alicyclic amines) is 1. The molecule has 0 bridgehead atoms. The summed E-state index contributed by atoms with van der Waals surface area (Å²) in [6.07, 6.45) is -0.0667. The molecule has 3 heterocycles. The van der Waals surface area contributed by atoms with Gasteiger partial charge >= 0.3 is 12.4 Å². The summed E-state index contributed by atoms with van der Waals surface area (Å²) in [5, 5.41) is 5.40. The first-order chi connectivity index (χ1) is 14.8. The lowest BCUT2D eigenvalue weighted by atomic mass is 10.2. The van der Waals surface area contributed by atoms with Gasteiger partial charge in [0.2, 0.25) is 5.91 Å². The van der Waals surface area contributed by atoms with Crippen LogP contribution in [-0.4, -0.2) is 40.2 Å².